The standard InChI is InChI=1S/C19H27N5O.HI/c1-4-20-18(21-10-15-9-14-7-5-6-8-17(14)15)22-13-19(2,25)16-11-23-24(3)12-16;/h5-8,11-12,15,25H,4,9-10,13H2,1-3H3,(H2,20,21,22);1H. The average Bonchev–Trinajstić information content (AvgIpc) is 3.01. The van der Waals surface area contributed by atoms with Gasteiger partial charge in [-0.1, -0.05) is 24.3 Å². The van der Waals surface area contributed by atoms with Gasteiger partial charge in [-0.2, -0.15) is 5.10 Å². The molecular formula is C19H28IN5O. The number of aromatic nitrogens is 2. The summed E-state index contributed by atoms with van der Waals surface area (Å²) in [5.41, 5.74) is 2.59. The third-order valence-corrected chi connectivity index (χ3v) is 4.69. The summed E-state index contributed by atoms with van der Waals surface area (Å²) in [6, 6.07) is 8.57. The van der Waals surface area contributed by atoms with Gasteiger partial charge in [0.05, 0.1) is 12.7 Å². The summed E-state index contributed by atoms with van der Waals surface area (Å²) in [5, 5.41) is 21.4. The number of nitrogens with one attached hydrogen (secondary N) is 2. The van der Waals surface area contributed by atoms with Crippen LogP contribution in [0.1, 0.15) is 36.5 Å². The number of aryl methyl sites for hydroxylation is 1. The van der Waals surface area contributed by atoms with Crippen molar-refractivity contribution < 1.29 is 5.11 Å². The van der Waals surface area contributed by atoms with Crippen molar-refractivity contribution in [3.8, 4) is 0 Å². The highest BCUT2D eigenvalue weighted by molar-refractivity contribution is 14.0. The number of hydrogen-bond acceptors (Lipinski definition) is 3. The molecule has 6 nitrogen and oxygen atoms in total. The number of guanidine groups is 1. The number of benzene rings is 1. The van der Waals surface area contributed by atoms with E-state index in [9.17, 15) is 5.11 Å². The molecular weight excluding hydrogens is 441 g/mol. The van der Waals surface area contributed by atoms with E-state index in [-0.39, 0.29) is 30.5 Å². The normalized spacial score (nSPS) is 18.2. The van der Waals surface area contributed by atoms with Crippen LogP contribution in [0.15, 0.2) is 41.7 Å². The van der Waals surface area contributed by atoms with E-state index >= 15 is 0 Å². The second-order valence-electron chi connectivity index (χ2n) is 6.85. The van der Waals surface area contributed by atoms with E-state index in [1.165, 1.54) is 11.1 Å². The molecule has 2 atom stereocenters. The van der Waals surface area contributed by atoms with E-state index < -0.39 is 5.60 Å². The highest BCUT2D eigenvalue weighted by atomic mass is 127. The minimum absolute atomic E-state index is 0. The molecule has 1 heterocycles. The molecule has 2 unspecified atom stereocenters. The van der Waals surface area contributed by atoms with Crippen LogP contribution in [0, 0.1) is 0 Å². The molecule has 1 aromatic heterocycles. The number of hydrogen-bond donors (Lipinski definition) is 3. The van der Waals surface area contributed by atoms with Crippen LogP contribution >= 0.6 is 24.0 Å². The first-order chi connectivity index (χ1) is 12.0. The molecule has 2 aromatic rings. The first kappa shape index (κ1) is 20.7. The van der Waals surface area contributed by atoms with Gasteiger partial charge in [0.1, 0.15) is 5.60 Å². The number of halogens is 1. The highest BCUT2D eigenvalue weighted by Gasteiger charge is 2.26. The van der Waals surface area contributed by atoms with E-state index in [0.717, 1.165) is 31.0 Å². The molecule has 0 bridgehead atoms. The van der Waals surface area contributed by atoms with Crippen molar-refractivity contribution in [3.05, 3.63) is 53.3 Å². The second kappa shape index (κ2) is 8.85. The zero-order chi connectivity index (χ0) is 17.9. The SMILES string of the molecule is CCNC(=NCC(C)(O)c1cnn(C)c1)NCC1Cc2ccccc21.I. The van der Waals surface area contributed by atoms with Crippen LogP contribution in [-0.2, 0) is 19.1 Å². The van der Waals surface area contributed by atoms with Crippen molar-refractivity contribution in [1.82, 2.24) is 20.4 Å². The second-order valence-corrected chi connectivity index (χ2v) is 6.85. The number of nitrogens with zero attached hydrogens (tertiary/aromatic N) is 3. The van der Waals surface area contributed by atoms with Crippen LogP contribution in [0.2, 0.25) is 0 Å². The maximum Gasteiger partial charge on any atom is 0.191 e. The lowest BCUT2D eigenvalue weighted by atomic mass is 9.78. The van der Waals surface area contributed by atoms with Crippen molar-refractivity contribution in [2.75, 3.05) is 19.6 Å². The van der Waals surface area contributed by atoms with Gasteiger partial charge in [0.2, 0.25) is 0 Å². The average molecular weight is 469 g/mol. The summed E-state index contributed by atoms with van der Waals surface area (Å²) < 4.78 is 1.69. The third-order valence-electron chi connectivity index (χ3n) is 4.69. The van der Waals surface area contributed by atoms with Gasteiger partial charge in [-0.25, -0.2) is 4.99 Å². The predicted octanol–water partition coefficient (Wildman–Crippen LogP) is 2.14. The van der Waals surface area contributed by atoms with Gasteiger partial charge in [-0.05, 0) is 31.4 Å². The summed E-state index contributed by atoms with van der Waals surface area (Å²) in [4.78, 5) is 4.56. The molecule has 0 spiro atoms. The number of fused-ring (bicyclic) bond motifs is 1. The molecule has 3 rings (SSSR count). The Morgan fingerprint density at radius 3 is 2.81 bits per heavy atom. The lowest BCUT2D eigenvalue weighted by Crippen LogP contribution is -2.42. The van der Waals surface area contributed by atoms with Gasteiger partial charge in [-0.15, -0.1) is 24.0 Å². The third kappa shape index (κ3) is 4.76. The van der Waals surface area contributed by atoms with Crippen molar-refractivity contribution in [2.24, 2.45) is 12.0 Å². The minimum atomic E-state index is -1.04. The molecule has 0 radical (unpaired) electrons. The van der Waals surface area contributed by atoms with E-state index in [1.54, 1.807) is 17.8 Å². The van der Waals surface area contributed by atoms with Crippen molar-refractivity contribution in [1.29, 1.82) is 0 Å². The monoisotopic (exact) mass is 469 g/mol. The van der Waals surface area contributed by atoms with Crippen LogP contribution in [0.3, 0.4) is 0 Å². The van der Waals surface area contributed by atoms with Crippen LogP contribution in [0.4, 0.5) is 0 Å². The molecule has 1 aromatic carbocycles. The highest BCUT2D eigenvalue weighted by Crippen LogP contribution is 2.33. The fraction of sp³-hybridized carbons (Fsp3) is 0.474. The molecule has 0 aliphatic heterocycles. The first-order valence-electron chi connectivity index (χ1n) is 8.81. The molecule has 1 aliphatic rings. The molecule has 0 saturated carbocycles. The Bertz CT molecular complexity index is 756. The molecule has 3 N–H and O–H groups in total. The molecule has 0 amide bonds. The molecule has 1 aliphatic carbocycles. The molecule has 26 heavy (non-hydrogen) atoms. The van der Waals surface area contributed by atoms with Gasteiger partial charge in [0.25, 0.3) is 0 Å². The Labute approximate surface area is 172 Å². The van der Waals surface area contributed by atoms with Gasteiger partial charge in [0, 0.05) is 37.8 Å². The summed E-state index contributed by atoms with van der Waals surface area (Å²) in [5.74, 6) is 1.26. The summed E-state index contributed by atoms with van der Waals surface area (Å²) in [7, 11) is 1.84. The van der Waals surface area contributed by atoms with Crippen LogP contribution in [0.25, 0.3) is 0 Å². The fourth-order valence-electron chi connectivity index (χ4n) is 3.13. The molecule has 142 valence electrons. The van der Waals surface area contributed by atoms with E-state index in [2.05, 4.69) is 45.0 Å². The minimum Gasteiger partial charge on any atom is -0.383 e. The molecule has 0 saturated heterocycles. The summed E-state index contributed by atoms with van der Waals surface area (Å²) in [6.45, 7) is 5.70. The molecule has 7 heteroatoms. The largest absolute Gasteiger partial charge is 0.383 e. The maximum atomic E-state index is 10.7. The lowest BCUT2D eigenvalue weighted by Gasteiger charge is -2.30. The first-order valence-corrected chi connectivity index (χ1v) is 8.81. The summed E-state index contributed by atoms with van der Waals surface area (Å²) >= 11 is 0. The zero-order valence-corrected chi connectivity index (χ0v) is 17.9. The summed E-state index contributed by atoms with van der Waals surface area (Å²) in [6.07, 6.45) is 4.61. The number of aliphatic hydroxyl groups is 1. The Balaban J connectivity index is 0.00000243. The smallest absolute Gasteiger partial charge is 0.191 e. The Kier molecular flexibility index (Phi) is 7.05. The van der Waals surface area contributed by atoms with Gasteiger partial charge >= 0.3 is 0 Å². The van der Waals surface area contributed by atoms with E-state index in [0.29, 0.717) is 5.92 Å². The van der Waals surface area contributed by atoms with Crippen LogP contribution < -0.4 is 10.6 Å². The topological polar surface area (TPSA) is 74.5 Å². The maximum absolute atomic E-state index is 10.7. The van der Waals surface area contributed by atoms with Crippen molar-refractivity contribution in [3.63, 3.8) is 0 Å². The predicted molar refractivity (Wildman–Crippen MR) is 115 cm³/mol. The zero-order valence-electron chi connectivity index (χ0n) is 15.6. The van der Waals surface area contributed by atoms with E-state index in [1.807, 2.05) is 20.2 Å². The number of aliphatic imine (C=N–C) groups is 1. The molecule has 0 fully saturated rings. The van der Waals surface area contributed by atoms with Crippen LogP contribution in [0.5, 0.6) is 0 Å². The Morgan fingerprint density at radius 2 is 2.15 bits per heavy atom. The Hall–Kier alpha value is -1.61. The quantitative estimate of drug-likeness (QED) is 0.345. The fourth-order valence-corrected chi connectivity index (χ4v) is 3.13. The van der Waals surface area contributed by atoms with E-state index in [4.69, 9.17) is 0 Å². The van der Waals surface area contributed by atoms with Crippen molar-refractivity contribution in [2.45, 2.75) is 31.8 Å². The number of rotatable bonds is 6. The van der Waals surface area contributed by atoms with Crippen molar-refractivity contribution >= 4 is 29.9 Å². The van der Waals surface area contributed by atoms with Gasteiger partial charge in [0.15, 0.2) is 5.96 Å². The Morgan fingerprint density at radius 1 is 1.38 bits per heavy atom. The lowest BCUT2D eigenvalue weighted by molar-refractivity contribution is 0.0672. The van der Waals surface area contributed by atoms with Crippen LogP contribution in [-0.4, -0.2) is 40.5 Å². The van der Waals surface area contributed by atoms with Gasteiger partial charge in [-0.3, -0.25) is 4.68 Å². The van der Waals surface area contributed by atoms with Gasteiger partial charge < -0.3 is 15.7 Å².